The minimum atomic E-state index is -1.14. The number of aliphatic carboxylic acids is 1. The number of imidazole rings is 1. The highest BCUT2D eigenvalue weighted by Gasteiger charge is 2.21. The molecule has 0 aliphatic rings. The molecule has 0 fully saturated rings. The first-order valence-corrected chi connectivity index (χ1v) is 5.91. The summed E-state index contributed by atoms with van der Waals surface area (Å²) in [5, 5.41) is 11.5. The van der Waals surface area contributed by atoms with Crippen molar-refractivity contribution in [3.63, 3.8) is 0 Å². The zero-order valence-corrected chi connectivity index (χ0v) is 10.4. The van der Waals surface area contributed by atoms with Crippen molar-refractivity contribution in [3.05, 3.63) is 58.3 Å². The SMILES string of the molecule is O=C(N[C@@H](Cc1ccccc1)C(=O)O)c1c[nH]c(=O)[nH]1. The first-order chi connectivity index (χ1) is 9.56. The van der Waals surface area contributed by atoms with E-state index in [4.69, 9.17) is 5.11 Å². The molecule has 2 rings (SSSR count). The second kappa shape index (κ2) is 5.87. The van der Waals surface area contributed by atoms with Crippen LogP contribution in [-0.2, 0) is 11.2 Å². The molecule has 1 amide bonds. The lowest BCUT2D eigenvalue weighted by Gasteiger charge is -2.13. The summed E-state index contributed by atoms with van der Waals surface area (Å²) in [5.74, 6) is -1.79. The largest absolute Gasteiger partial charge is 0.480 e. The van der Waals surface area contributed by atoms with Crippen LogP contribution in [0.4, 0.5) is 0 Å². The Morgan fingerprint density at radius 1 is 1.25 bits per heavy atom. The Hall–Kier alpha value is -2.83. The van der Waals surface area contributed by atoms with Gasteiger partial charge < -0.3 is 20.4 Å². The molecule has 7 nitrogen and oxygen atoms in total. The number of carbonyl (C=O) groups is 2. The lowest BCUT2D eigenvalue weighted by molar-refractivity contribution is -0.139. The highest BCUT2D eigenvalue weighted by molar-refractivity contribution is 5.94. The average molecular weight is 275 g/mol. The topological polar surface area (TPSA) is 115 Å². The molecule has 1 aromatic heterocycles. The number of carbonyl (C=O) groups excluding carboxylic acids is 1. The molecule has 0 saturated heterocycles. The van der Waals surface area contributed by atoms with Gasteiger partial charge in [-0.05, 0) is 5.56 Å². The number of carboxylic acid groups (broad SMARTS) is 1. The Morgan fingerprint density at radius 3 is 2.50 bits per heavy atom. The third-order valence-electron chi connectivity index (χ3n) is 2.73. The van der Waals surface area contributed by atoms with Crippen LogP contribution in [0.1, 0.15) is 16.1 Å². The number of benzene rings is 1. The molecular weight excluding hydrogens is 262 g/mol. The van der Waals surface area contributed by atoms with Crippen molar-refractivity contribution < 1.29 is 14.7 Å². The number of carboxylic acids is 1. The first kappa shape index (κ1) is 13.6. The third-order valence-corrected chi connectivity index (χ3v) is 2.73. The summed E-state index contributed by atoms with van der Waals surface area (Å²) in [6.45, 7) is 0. The van der Waals surface area contributed by atoms with Gasteiger partial charge in [0, 0.05) is 12.6 Å². The van der Waals surface area contributed by atoms with E-state index >= 15 is 0 Å². The summed E-state index contributed by atoms with van der Waals surface area (Å²) >= 11 is 0. The molecule has 0 saturated carbocycles. The lowest BCUT2D eigenvalue weighted by atomic mass is 10.1. The fourth-order valence-corrected chi connectivity index (χ4v) is 1.74. The third kappa shape index (κ3) is 3.35. The maximum Gasteiger partial charge on any atom is 0.326 e. The van der Waals surface area contributed by atoms with Gasteiger partial charge in [-0.2, -0.15) is 0 Å². The number of amides is 1. The standard InChI is InChI=1S/C13H13N3O4/c17-11(10-7-14-13(20)16-10)15-9(12(18)19)6-8-4-2-1-3-5-8/h1-5,7,9H,6H2,(H,15,17)(H,18,19)(H2,14,16,20)/t9-/m0/s1. The fraction of sp³-hybridized carbons (Fsp3) is 0.154. The van der Waals surface area contributed by atoms with Gasteiger partial charge in [0.1, 0.15) is 11.7 Å². The monoisotopic (exact) mass is 275 g/mol. The molecule has 1 heterocycles. The molecule has 0 aliphatic heterocycles. The van der Waals surface area contributed by atoms with Crippen molar-refractivity contribution in [1.29, 1.82) is 0 Å². The van der Waals surface area contributed by atoms with Gasteiger partial charge in [0.15, 0.2) is 0 Å². The van der Waals surface area contributed by atoms with Crippen molar-refractivity contribution >= 4 is 11.9 Å². The number of rotatable bonds is 5. The van der Waals surface area contributed by atoms with Gasteiger partial charge in [-0.25, -0.2) is 9.59 Å². The molecular formula is C13H13N3O4. The molecule has 0 aliphatic carbocycles. The van der Waals surface area contributed by atoms with E-state index in [2.05, 4.69) is 15.3 Å². The molecule has 0 spiro atoms. The van der Waals surface area contributed by atoms with Crippen LogP contribution in [0.25, 0.3) is 0 Å². The quantitative estimate of drug-likeness (QED) is 0.620. The highest BCUT2D eigenvalue weighted by atomic mass is 16.4. The van der Waals surface area contributed by atoms with E-state index in [1.54, 1.807) is 24.3 Å². The van der Waals surface area contributed by atoms with Crippen molar-refractivity contribution in [2.24, 2.45) is 0 Å². The smallest absolute Gasteiger partial charge is 0.326 e. The minimum absolute atomic E-state index is 0.00527. The summed E-state index contributed by atoms with van der Waals surface area (Å²) < 4.78 is 0. The summed E-state index contributed by atoms with van der Waals surface area (Å²) in [7, 11) is 0. The number of aromatic nitrogens is 2. The van der Waals surface area contributed by atoms with Crippen LogP contribution in [0.5, 0.6) is 0 Å². The molecule has 2 aromatic rings. The van der Waals surface area contributed by atoms with E-state index in [0.717, 1.165) is 5.56 Å². The Labute approximate surface area is 113 Å². The molecule has 1 atom stereocenters. The second-order valence-electron chi connectivity index (χ2n) is 4.21. The van der Waals surface area contributed by atoms with Gasteiger partial charge in [-0.15, -0.1) is 0 Å². The highest BCUT2D eigenvalue weighted by Crippen LogP contribution is 2.04. The van der Waals surface area contributed by atoms with E-state index in [0.29, 0.717) is 0 Å². The molecule has 1 aromatic carbocycles. The van der Waals surface area contributed by atoms with Crippen LogP contribution >= 0.6 is 0 Å². The van der Waals surface area contributed by atoms with Crippen LogP contribution in [0.3, 0.4) is 0 Å². The summed E-state index contributed by atoms with van der Waals surface area (Å²) in [6.07, 6.45) is 1.36. The van der Waals surface area contributed by atoms with Crippen molar-refractivity contribution in [2.75, 3.05) is 0 Å². The summed E-state index contributed by atoms with van der Waals surface area (Å²) in [4.78, 5) is 38.4. The van der Waals surface area contributed by atoms with E-state index in [9.17, 15) is 14.4 Å². The van der Waals surface area contributed by atoms with Gasteiger partial charge in [-0.3, -0.25) is 4.79 Å². The fourth-order valence-electron chi connectivity index (χ4n) is 1.74. The Kier molecular flexibility index (Phi) is 3.99. The van der Waals surface area contributed by atoms with Gasteiger partial charge in [-0.1, -0.05) is 30.3 Å². The van der Waals surface area contributed by atoms with Crippen LogP contribution < -0.4 is 11.0 Å². The van der Waals surface area contributed by atoms with Crippen molar-refractivity contribution in [3.8, 4) is 0 Å². The molecule has 4 N–H and O–H groups in total. The number of hydrogen-bond donors (Lipinski definition) is 4. The molecule has 0 radical (unpaired) electrons. The van der Waals surface area contributed by atoms with Gasteiger partial charge in [0.05, 0.1) is 0 Å². The molecule has 0 bridgehead atoms. The Morgan fingerprint density at radius 2 is 1.95 bits per heavy atom. The van der Waals surface area contributed by atoms with Crippen LogP contribution in [-0.4, -0.2) is 33.0 Å². The zero-order chi connectivity index (χ0) is 14.5. The average Bonchev–Trinajstić information content (AvgIpc) is 2.86. The first-order valence-electron chi connectivity index (χ1n) is 5.91. The molecule has 0 unspecified atom stereocenters. The van der Waals surface area contributed by atoms with Crippen molar-refractivity contribution in [1.82, 2.24) is 15.3 Å². The van der Waals surface area contributed by atoms with Crippen LogP contribution in [0.15, 0.2) is 41.3 Å². The van der Waals surface area contributed by atoms with E-state index in [-0.39, 0.29) is 12.1 Å². The zero-order valence-electron chi connectivity index (χ0n) is 10.4. The number of aromatic amines is 2. The van der Waals surface area contributed by atoms with E-state index in [1.807, 2.05) is 6.07 Å². The molecule has 104 valence electrons. The molecule has 20 heavy (non-hydrogen) atoms. The molecule has 7 heteroatoms. The van der Waals surface area contributed by atoms with Crippen molar-refractivity contribution in [2.45, 2.75) is 12.5 Å². The normalized spacial score (nSPS) is 11.8. The van der Waals surface area contributed by atoms with Gasteiger partial charge in [0.2, 0.25) is 0 Å². The summed E-state index contributed by atoms with van der Waals surface area (Å²) in [5.41, 5.74) is 0.266. The number of H-pyrrole nitrogens is 2. The number of nitrogens with one attached hydrogen (secondary N) is 3. The predicted octanol–water partition coefficient (Wildman–Crippen LogP) is 0.129. The van der Waals surface area contributed by atoms with Gasteiger partial charge in [0.25, 0.3) is 5.91 Å². The van der Waals surface area contributed by atoms with E-state index < -0.39 is 23.6 Å². The van der Waals surface area contributed by atoms with Gasteiger partial charge >= 0.3 is 11.7 Å². The van der Waals surface area contributed by atoms with Crippen LogP contribution in [0, 0.1) is 0 Å². The predicted molar refractivity (Wildman–Crippen MR) is 70.4 cm³/mol. The minimum Gasteiger partial charge on any atom is -0.480 e. The van der Waals surface area contributed by atoms with E-state index in [1.165, 1.54) is 6.20 Å². The maximum absolute atomic E-state index is 11.8. The number of hydrogen-bond acceptors (Lipinski definition) is 3. The second-order valence-corrected chi connectivity index (χ2v) is 4.21. The lowest BCUT2D eigenvalue weighted by Crippen LogP contribution is -2.42. The Bertz CT molecular complexity index is 660. The summed E-state index contributed by atoms with van der Waals surface area (Å²) in [6, 6.07) is 7.89. The van der Waals surface area contributed by atoms with Crippen LogP contribution in [0.2, 0.25) is 0 Å². The Balaban J connectivity index is 2.08. The maximum atomic E-state index is 11.8.